The predicted molar refractivity (Wildman–Crippen MR) is 67.9 cm³/mol. The average molecular weight is 255 g/mol. The van der Waals surface area contributed by atoms with Gasteiger partial charge in [0.15, 0.2) is 0 Å². The molecule has 0 saturated heterocycles. The van der Waals surface area contributed by atoms with E-state index < -0.39 is 10.8 Å². The molecule has 1 aromatic carbocycles. The van der Waals surface area contributed by atoms with Crippen molar-refractivity contribution in [1.29, 1.82) is 0 Å². The Kier molecular flexibility index (Phi) is 3.64. The van der Waals surface area contributed by atoms with E-state index in [2.05, 4.69) is 12.2 Å². The van der Waals surface area contributed by atoms with Crippen LogP contribution in [-0.4, -0.2) is 16.0 Å². The number of rotatable bonds is 2. The molecule has 1 aliphatic heterocycles. The Bertz CT molecular complexity index is 449. The van der Waals surface area contributed by atoms with Crippen LogP contribution in [0.1, 0.15) is 32.4 Å². The largest absolute Gasteiger partial charge is 0.310 e. The highest BCUT2D eigenvalue weighted by Gasteiger charge is 2.37. The van der Waals surface area contributed by atoms with Crippen molar-refractivity contribution in [3.05, 3.63) is 29.6 Å². The van der Waals surface area contributed by atoms with Crippen LogP contribution >= 0.6 is 0 Å². The Labute approximate surface area is 104 Å². The SMILES string of the molecule is CCNC1c2cccc(F)c2S(=O)C(C)C1C. The minimum absolute atomic E-state index is 0.0246. The van der Waals surface area contributed by atoms with Crippen molar-refractivity contribution in [2.75, 3.05) is 6.54 Å². The van der Waals surface area contributed by atoms with Gasteiger partial charge in [-0.25, -0.2) is 4.39 Å². The molecule has 4 unspecified atom stereocenters. The number of halogens is 1. The van der Waals surface area contributed by atoms with Crippen molar-refractivity contribution in [2.24, 2.45) is 5.92 Å². The van der Waals surface area contributed by atoms with Crippen LogP contribution in [0.25, 0.3) is 0 Å². The maximum atomic E-state index is 13.8. The molecule has 17 heavy (non-hydrogen) atoms. The molecule has 0 radical (unpaired) electrons. The molecule has 0 spiro atoms. The second kappa shape index (κ2) is 4.86. The zero-order valence-corrected chi connectivity index (χ0v) is 11.2. The van der Waals surface area contributed by atoms with E-state index >= 15 is 0 Å². The summed E-state index contributed by atoms with van der Waals surface area (Å²) < 4.78 is 26.1. The first-order chi connectivity index (χ1) is 8.07. The summed E-state index contributed by atoms with van der Waals surface area (Å²) in [7, 11) is -1.24. The highest BCUT2D eigenvalue weighted by molar-refractivity contribution is 7.85. The Morgan fingerprint density at radius 2 is 2.12 bits per heavy atom. The summed E-state index contributed by atoms with van der Waals surface area (Å²) in [4.78, 5) is 0.393. The van der Waals surface area contributed by atoms with Crippen molar-refractivity contribution >= 4 is 10.8 Å². The van der Waals surface area contributed by atoms with Gasteiger partial charge in [0.1, 0.15) is 5.82 Å². The average Bonchev–Trinajstić information content (AvgIpc) is 2.31. The first-order valence-electron chi connectivity index (χ1n) is 6.00. The van der Waals surface area contributed by atoms with Crippen LogP contribution in [0.2, 0.25) is 0 Å². The lowest BCUT2D eigenvalue weighted by molar-refractivity contribution is 0.368. The van der Waals surface area contributed by atoms with Crippen LogP contribution in [0, 0.1) is 11.7 Å². The second-order valence-electron chi connectivity index (χ2n) is 4.56. The van der Waals surface area contributed by atoms with Gasteiger partial charge in [-0.3, -0.25) is 4.21 Å². The number of fused-ring (bicyclic) bond motifs is 1. The van der Waals surface area contributed by atoms with E-state index in [1.54, 1.807) is 6.07 Å². The molecule has 2 nitrogen and oxygen atoms in total. The molecular formula is C13H18FNOS. The smallest absolute Gasteiger partial charge is 0.139 e. The summed E-state index contributed by atoms with van der Waals surface area (Å²) in [5, 5.41) is 3.34. The van der Waals surface area contributed by atoms with E-state index in [1.165, 1.54) is 6.07 Å². The molecule has 0 saturated carbocycles. The first-order valence-corrected chi connectivity index (χ1v) is 7.21. The lowest BCUT2D eigenvalue weighted by atomic mass is 9.91. The molecule has 0 amide bonds. The third-order valence-corrected chi connectivity index (χ3v) is 5.50. The van der Waals surface area contributed by atoms with Gasteiger partial charge in [0, 0.05) is 11.3 Å². The van der Waals surface area contributed by atoms with Gasteiger partial charge < -0.3 is 5.32 Å². The molecule has 0 fully saturated rings. The first kappa shape index (κ1) is 12.7. The van der Waals surface area contributed by atoms with Crippen molar-refractivity contribution < 1.29 is 8.60 Å². The Morgan fingerprint density at radius 3 is 2.76 bits per heavy atom. The van der Waals surface area contributed by atoms with Gasteiger partial charge in [-0.2, -0.15) is 0 Å². The van der Waals surface area contributed by atoms with Crippen molar-refractivity contribution in [3.8, 4) is 0 Å². The van der Waals surface area contributed by atoms with Gasteiger partial charge in [-0.1, -0.05) is 32.9 Å². The molecule has 4 heteroatoms. The second-order valence-corrected chi connectivity index (χ2v) is 6.30. The summed E-state index contributed by atoms with van der Waals surface area (Å²) >= 11 is 0. The van der Waals surface area contributed by atoms with Crippen molar-refractivity contribution in [1.82, 2.24) is 5.32 Å². The molecular weight excluding hydrogens is 237 g/mol. The van der Waals surface area contributed by atoms with Gasteiger partial charge in [0.25, 0.3) is 0 Å². The topological polar surface area (TPSA) is 29.1 Å². The molecule has 1 N–H and O–H groups in total. The summed E-state index contributed by atoms with van der Waals surface area (Å²) in [6.07, 6.45) is 0. The van der Waals surface area contributed by atoms with E-state index in [0.29, 0.717) is 4.90 Å². The molecule has 0 aliphatic carbocycles. The lowest BCUT2D eigenvalue weighted by Gasteiger charge is -2.35. The zero-order valence-electron chi connectivity index (χ0n) is 10.4. The van der Waals surface area contributed by atoms with Crippen LogP contribution < -0.4 is 5.32 Å². The number of benzene rings is 1. The summed E-state index contributed by atoms with van der Waals surface area (Å²) in [5.41, 5.74) is 0.857. The van der Waals surface area contributed by atoms with Crippen molar-refractivity contribution in [3.63, 3.8) is 0 Å². The maximum absolute atomic E-state index is 13.8. The number of hydrogen-bond donors (Lipinski definition) is 1. The summed E-state index contributed by atoms with van der Waals surface area (Å²) in [6, 6.07) is 5.06. The fourth-order valence-electron chi connectivity index (χ4n) is 2.43. The monoisotopic (exact) mass is 255 g/mol. The molecule has 4 atom stereocenters. The van der Waals surface area contributed by atoms with Crippen LogP contribution in [0.15, 0.2) is 23.1 Å². The third-order valence-electron chi connectivity index (χ3n) is 3.56. The molecule has 1 heterocycles. The van der Waals surface area contributed by atoms with Crippen LogP contribution in [-0.2, 0) is 10.8 Å². The zero-order chi connectivity index (χ0) is 12.6. The molecule has 0 bridgehead atoms. The Balaban J connectivity index is 2.56. The third kappa shape index (κ3) is 2.04. The normalized spacial score (nSPS) is 32.2. The van der Waals surface area contributed by atoms with Crippen LogP contribution in [0.4, 0.5) is 4.39 Å². The molecule has 0 aromatic heterocycles. The van der Waals surface area contributed by atoms with Gasteiger partial charge >= 0.3 is 0 Å². The van der Waals surface area contributed by atoms with Crippen molar-refractivity contribution in [2.45, 2.75) is 37.0 Å². The van der Waals surface area contributed by atoms with Gasteiger partial charge in [0.05, 0.1) is 15.7 Å². The fourth-order valence-corrected chi connectivity index (χ4v) is 4.04. The molecule has 1 aromatic rings. The molecule has 1 aliphatic rings. The Hall–Kier alpha value is -0.740. The quantitative estimate of drug-likeness (QED) is 0.880. The number of hydrogen-bond acceptors (Lipinski definition) is 2. The highest BCUT2D eigenvalue weighted by atomic mass is 32.2. The highest BCUT2D eigenvalue weighted by Crippen LogP contribution is 2.38. The maximum Gasteiger partial charge on any atom is 0.139 e. The minimum atomic E-state index is -1.24. The summed E-state index contributed by atoms with van der Waals surface area (Å²) in [5.74, 6) is -0.104. The van der Waals surface area contributed by atoms with Gasteiger partial charge in [-0.15, -0.1) is 0 Å². The van der Waals surface area contributed by atoms with Crippen LogP contribution in [0.5, 0.6) is 0 Å². The number of nitrogens with one attached hydrogen (secondary N) is 1. The van der Waals surface area contributed by atoms with Crippen LogP contribution in [0.3, 0.4) is 0 Å². The predicted octanol–water partition coefficient (Wildman–Crippen LogP) is 2.62. The van der Waals surface area contributed by atoms with Gasteiger partial charge in [0.2, 0.25) is 0 Å². The van der Waals surface area contributed by atoms with E-state index in [1.807, 2.05) is 19.9 Å². The fraction of sp³-hybridized carbons (Fsp3) is 0.538. The van der Waals surface area contributed by atoms with E-state index in [-0.39, 0.29) is 23.0 Å². The van der Waals surface area contributed by atoms with E-state index in [0.717, 1.165) is 12.1 Å². The summed E-state index contributed by atoms with van der Waals surface area (Å²) in [6.45, 7) is 6.86. The lowest BCUT2D eigenvalue weighted by Crippen LogP contribution is -2.39. The minimum Gasteiger partial charge on any atom is -0.310 e. The molecule has 2 rings (SSSR count). The molecule has 94 valence electrons. The standard InChI is InChI=1S/C13H18FNOS/c1-4-15-12-8(2)9(3)17(16)13-10(12)6-5-7-11(13)14/h5-9,12,15H,4H2,1-3H3. The van der Waals surface area contributed by atoms with Gasteiger partial charge in [-0.05, 0) is 24.1 Å². The van der Waals surface area contributed by atoms with E-state index in [4.69, 9.17) is 0 Å². The van der Waals surface area contributed by atoms with E-state index in [9.17, 15) is 8.60 Å². The Morgan fingerprint density at radius 1 is 1.41 bits per heavy atom.